The predicted molar refractivity (Wildman–Crippen MR) is 100 cm³/mol. The van der Waals surface area contributed by atoms with Gasteiger partial charge in [-0.25, -0.2) is 9.78 Å². The number of halogens is 2. The van der Waals surface area contributed by atoms with Gasteiger partial charge >= 0.3 is 5.97 Å². The number of esters is 1. The van der Waals surface area contributed by atoms with Gasteiger partial charge in [0.1, 0.15) is 5.15 Å². The van der Waals surface area contributed by atoms with Crippen molar-refractivity contribution in [3.05, 3.63) is 35.1 Å². The molecular formula is C18H19Cl2N3O2. The number of carbonyl (C=O) groups is 1. The van der Waals surface area contributed by atoms with Crippen molar-refractivity contribution in [1.29, 1.82) is 0 Å². The number of aromatic nitrogens is 3. The zero-order valence-electron chi connectivity index (χ0n) is 14.3. The molecule has 0 aliphatic heterocycles. The summed E-state index contributed by atoms with van der Waals surface area (Å²) in [5.41, 5.74) is 1.47. The van der Waals surface area contributed by atoms with E-state index in [4.69, 9.17) is 27.9 Å². The monoisotopic (exact) mass is 379 g/mol. The highest BCUT2D eigenvalue weighted by atomic mass is 35.5. The second kappa shape index (κ2) is 7.18. The van der Waals surface area contributed by atoms with E-state index in [1.165, 1.54) is 0 Å². The Bertz CT molecular complexity index is 937. The average molecular weight is 380 g/mol. The molecule has 0 aliphatic rings. The van der Waals surface area contributed by atoms with Crippen molar-refractivity contribution in [1.82, 2.24) is 14.8 Å². The van der Waals surface area contributed by atoms with Crippen LogP contribution in [0.2, 0.25) is 5.15 Å². The summed E-state index contributed by atoms with van der Waals surface area (Å²) < 4.78 is 6.83. The van der Waals surface area contributed by atoms with Crippen LogP contribution >= 0.6 is 23.2 Å². The molecule has 1 unspecified atom stereocenters. The minimum atomic E-state index is -0.509. The molecule has 2 heterocycles. The van der Waals surface area contributed by atoms with E-state index >= 15 is 0 Å². The standard InChI is InChI=1S/C18H19Cl2N3O2/c1-4-25-18(24)15(10(2)3)23-9-14-12-6-5-11(8-19)7-13(12)16(20)21-17(14)22-23/h5-7,9-10,15H,4,8H2,1-3H3. The van der Waals surface area contributed by atoms with Crippen LogP contribution in [0.1, 0.15) is 32.4 Å². The van der Waals surface area contributed by atoms with Crippen molar-refractivity contribution < 1.29 is 9.53 Å². The van der Waals surface area contributed by atoms with Gasteiger partial charge in [-0.15, -0.1) is 11.6 Å². The van der Waals surface area contributed by atoms with Crippen molar-refractivity contribution in [3.63, 3.8) is 0 Å². The number of alkyl halides is 1. The van der Waals surface area contributed by atoms with Crippen molar-refractivity contribution in [2.45, 2.75) is 32.7 Å². The Balaban J connectivity index is 2.19. The largest absolute Gasteiger partial charge is 0.464 e. The number of hydrogen-bond donors (Lipinski definition) is 0. The Morgan fingerprint density at radius 2 is 2.04 bits per heavy atom. The van der Waals surface area contributed by atoms with E-state index in [0.717, 1.165) is 21.7 Å². The highest BCUT2D eigenvalue weighted by Crippen LogP contribution is 2.31. The van der Waals surface area contributed by atoms with E-state index in [0.29, 0.717) is 23.3 Å². The zero-order chi connectivity index (χ0) is 18.1. The van der Waals surface area contributed by atoms with Gasteiger partial charge in [0.25, 0.3) is 0 Å². The molecule has 1 aromatic carbocycles. The Labute approximate surface area is 155 Å². The SMILES string of the molecule is CCOC(=O)C(C(C)C)n1cc2c(nc(Cl)c3cc(CCl)ccc32)n1. The first-order valence-electron chi connectivity index (χ1n) is 8.15. The third-order valence-electron chi connectivity index (χ3n) is 4.11. The fourth-order valence-corrected chi connectivity index (χ4v) is 3.35. The molecule has 0 fully saturated rings. The van der Waals surface area contributed by atoms with Crippen LogP contribution < -0.4 is 0 Å². The number of hydrogen-bond acceptors (Lipinski definition) is 4. The highest BCUT2D eigenvalue weighted by molar-refractivity contribution is 6.35. The molecule has 132 valence electrons. The fourth-order valence-electron chi connectivity index (χ4n) is 2.94. The maximum absolute atomic E-state index is 12.3. The number of carbonyl (C=O) groups excluding carboxylic acids is 1. The van der Waals surface area contributed by atoms with Gasteiger partial charge in [-0.05, 0) is 29.9 Å². The Hall–Kier alpha value is -1.85. The van der Waals surface area contributed by atoms with Gasteiger partial charge in [0.2, 0.25) is 0 Å². The molecule has 1 atom stereocenters. The molecular weight excluding hydrogens is 361 g/mol. The maximum atomic E-state index is 12.3. The Morgan fingerprint density at radius 3 is 2.68 bits per heavy atom. The lowest BCUT2D eigenvalue weighted by Gasteiger charge is -2.19. The fraction of sp³-hybridized carbons (Fsp3) is 0.389. The summed E-state index contributed by atoms with van der Waals surface area (Å²) in [5, 5.41) is 7.46. The molecule has 2 aromatic heterocycles. The number of pyridine rings is 1. The van der Waals surface area contributed by atoms with E-state index in [1.54, 1.807) is 11.6 Å². The van der Waals surface area contributed by atoms with Gasteiger partial charge in [0.15, 0.2) is 11.7 Å². The first-order valence-corrected chi connectivity index (χ1v) is 9.07. The number of rotatable bonds is 5. The van der Waals surface area contributed by atoms with Crippen molar-refractivity contribution in [2.24, 2.45) is 5.92 Å². The molecule has 0 spiro atoms. The zero-order valence-corrected chi connectivity index (χ0v) is 15.8. The molecule has 0 radical (unpaired) electrons. The van der Waals surface area contributed by atoms with Crippen LogP contribution in [0.3, 0.4) is 0 Å². The summed E-state index contributed by atoms with van der Waals surface area (Å²) in [6.07, 6.45) is 1.84. The number of benzene rings is 1. The third-order valence-corrected chi connectivity index (χ3v) is 4.71. The predicted octanol–water partition coefficient (Wildman–Crippen LogP) is 4.74. The summed E-state index contributed by atoms with van der Waals surface area (Å²) in [6.45, 7) is 6.04. The van der Waals surface area contributed by atoms with Gasteiger partial charge in [0.05, 0.1) is 6.61 Å². The molecule has 0 amide bonds. The molecule has 0 aliphatic carbocycles. The van der Waals surface area contributed by atoms with Crippen LogP contribution in [0.5, 0.6) is 0 Å². The first kappa shape index (κ1) is 18.0. The minimum Gasteiger partial charge on any atom is -0.464 e. The van der Waals surface area contributed by atoms with Gasteiger partial charge < -0.3 is 4.74 Å². The summed E-state index contributed by atoms with van der Waals surface area (Å²) in [5.74, 6) is 0.130. The molecule has 3 aromatic rings. The van der Waals surface area contributed by atoms with E-state index in [2.05, 4.69) is 10.1 Å². The number of ether oxygens (including phenoxy) is 1. The molecule has 5 nitrogen and oxygen atoms in total. The summed E-state index contributed by atoms with van der Waals surface area (Å²) in [7, 11) is 0. The Kier molecular flexibility index (Phi) is 5.16. The van der Waals surface area contributed by atoms with Crippen molar-refractivity contribution in [2.75, 3.05) is 6.61 Å². The molecule has 0 N–H and O–H groups in total. The topological polar surface area (TPSA) is 57.0 Å². The van der Waals surface area contributed by atoms with Crippen LogP contribution in [-0.4, -0.2) is 27.3 Å². The maximum Gasteiger partial charge on any atom is 0.331 e. The van der Waals surface area contributed by atoms with Crippen LogP contribution in [0, 0.1) is 5.92 Å². The Morgan fingerprint density at radius 1 is 1.28 bits per heavy atom. The van der Waals surface area contributed by atoms with E-state index in [9.17, 15) is 4.79 Å². The number of nitrogens with zero attached hydrogens (tertiary/aromatic N) is 3. The number of fused-ring (bicyclic) bond motifs is 3. The van der Waals surface area contributed by atoms with E-state index < -0.39 is 6.04 Å². The average Bonchev–Trinajstić information content (AvgIpc) is 2.97. The highest BCUT2D eigenvalue weighted by Gasteiger charge is 2.27. The lowest BCUT2D eigenvalue weighted by Crippen LogP contribution is -2.27. The first-order chi connectivity index (χ1) is 12.0. The lowest BCUT2D eigenvalue weighted by molar-refractivity contribution is -0.148. The quantitative estimate of drug-likeness (QED) is 0.365. The van der Waals surface area contributed by atoms with Gasteiger partial charge in [-0.2, -0.15) is 5.10 Å². The summed E-state index contributed by atoms with van der Waals surface area (Å²) >= 11 is 12.2. The van der Waals surface area contributed by atoms with Gasteiger partial charge in [0, 0.05) is 22.8 Å². The van der Waals surface area contributed by atoms with Crippen molar-refractivity contribution in [3.8, 4) is 0 Å². The van der Waals surface area contributed by atoms with Gasteiger partial charge in [-0.3, -0.25) is 4.68 Å². The third kappa shape index (κ3) is 3.31. The van der Waals surface area contributed by atoms with Crippen LogP contribution in [0.4, 0.5) is 0 Å². The van der Waals surface area contributed by atoms with E-state index in [1.807, 2.05) is 38.2 Å². The molecule has 25 heavy (non-hydrogen) atoms. The smallest absolute Gasteiger partial charge is 0.331 e. The van der Waals surface area contributed by atoms with Crippen LogP contribution in [0.25, 0.3) is 21.8 Å². The molecule has 0 saturated carbocycles. The second-order valence-electron chi connectivity index (χ2n) is 6.20. The van der Waals surface area contributed by atoms with Gasteiger partial charge in [-0.1, -0.05) is 37.6 Å². The minimum absolute atomic E-state index is 0.0259. The van der Waals surface area contributed by atoms with Crippen molar-refractivity contribution >= 4 is 51.0 Å². The molecule has 0 bridgehead atoms. The normalized spacial score (nSPS) is 12.9. The van der Waals surface area contributed by atoms with Crippen LogP contribution in [-0.2, 0) is 15.4 Å². The molecule has 7 heteroatoms. The second-order valence-corrected chi connectivity index (χ2v) is 6.83. The summed E-state index contributed by atoms with van der Waals surface area (Å²) in [4.78, 5) is 16.7. The lowest BCUT2D eigenvalue weighted by atomic mass is 10.0. The summed E-state index contributed by atoms with van der Waals surface area (Å²) in [6, 6.07) is 5.34. The van der Waals surface area contributed by atoms with E-state index in [-0.39, 0.29) is 11.9 Å². The molecule has 3 rings (SSSR count). The van der Waals surface area contributed by atoms with Crippen LogP contribution in [0.15, 0.2) is 24.4 Å². The molecule has 0 saturated heterocycles.